The smallest absolute Gasteiger partial charge is 0.226 e. The van der Waals surface area contributed by atoms with Gasteiger partial charge in [-0.1, -0.05) is 22.9 Å². The minimum Gasteiger partial charge on any atom is -0.339 e. The third kappa shape index (κ3) is 4.54. The van der Waals surface area contributed by atoms with E-state index >= 15 is 0 Å². The molecule has 0 radical (unpaired) electrons. The van der Waals surface area contributed by atoms with E-state index in [2.05, 4.69) is 35.0 Å². The minimum absolute atomic E-state index is 0.200. The van der Waals surface area contributed by atoms with Gasteiger partial charge in [0.15, 0.2) is 0 Å². The summed E-state index contributed by atoms with van der Waals surface area (Å²) in [6.07, 6.45) is 1.58. The van der Waals surface area contributed by atoms with Crippen LogP contribution in [0.2, 0.25) is 0 Å². The van der Waals surface area contributed by atoms with Crippen molar-refractivity contribution < 1.29 is 9.59 Å². The van der Waals surface area contributed by atoms with Gasteiger partial charge in [-0.25, -0.2) is 0 Å². The first-order chi connectivity index (χ1) is 11.5. The lowest BCUT2D eigenvalue weighted by molar-refractivity contribution is -0.140. The fourth-order valence-corrected chi connectivity index (χ4v) is 4.13. The van der Waals surface area contributed by atoms with E-state index in [1.807, 2.05) is 21.9 Å². The fraction of sp³-hybridized carbons (Fsp3) is 0.556. The Labute approximate surface area is 156 Å². The molecule has 1 aromatic carbocycles. The third-order valence-corrected chi connectivity index (χ3v) is 6.31. The summed E-state index contributed by atoms with van der Waals surface area (Å²) in [6, 6.07) is 8.15. The molecule has 0 unspecified atom stereocenters. The molecular weight excluding hydrogens is 388 g/mol. The molecule has 2 fully saturated rings. The Morgan fingerprint density at radius 1 is 1.12 bits per heavy atom. The van der Waals surface area contributed by atoms with Gasteiger partial charge in [0, 0.05) is 53.6 Å². The Kier molecular flexibility index (Phi) is 5.87. The number of carbonyl (C=O) groups excluding carboxylic acids is 2. The van der Waals surface area contributed by atoms with Crippen LogP contribution in [0.15, 0.2) is 33.6 Å². The first-order valence-electron chi connectivity index (χ1n) is 8.49. The summed E-state index contributed by atoms with van der Waals surface area (Å²) in [5, 5.41) is 0. The Balaban J connectivity index is 1.37. The summed E-state index contributed by atoms with van der Waals surface area (Å²) in [7, 11) is 0. The molecule has 2 amide bonds. The molecule has 130 valence electrons. The molecule has 1 aliphatic carbocycles. The zero-order valence-corrected chi connectivity index (χ0v) is 16.3. The number of halogens is 1. The summed E-state index contributed by atoms with van der Waals surface area (Å²) in [5.41, 5.74) is 0. The standard InChI is InChI=1S/C18H23BrN2O2S/c1-13-12-16(13)18(23)21-9-7-20(8-10-21)17(22)6-11-24-15-4-2-14(19)3-5-15/h2-5,13,16H,6-12H2,1H3/t13-,16+/m0/s1. The first kappa shape index (κ1) is 17.8. The summed E-state index contributed by atoms with van der Waals surface area (Å²) in [4.78, 5) is 29.6. The molecule has 0 N–H and O–H groups in total. The maximum Gasteiger partial charge on any atom is 0.226 e. The molecule has 1 aromatic rings. The van der Waals surface area contributed by atoms with Crippen molar-refractivity contribution in [1.82, 2.24) is 9.80 Å². The van der Waals surface area contributed by atoms with Gasteiger partial charge < -0.3 is 9.80 Å². The number of benzene rings is 1. The van der Waals surface area contributed by atoms with E-state index in [9.17, 15) is 9.59 Å². The van der Waals surface area contributed by atoms with Crippen LogP contribution in [0.25, 0.3) is 0 Å². The molecule has 6 heteroatoms. The van der Waals surface area contributed by atoms with Crippen LogP contribution < -0.4 is 0 Å². The van der Waals surface area contributed by atoms with Crippen molar-refractivity contribution in [2.45, 2.75) is 24.7 Å². The largest absolute Gasteiger partial charge is 0.339 e. The second-order valence-corrected chi connectivity index (χ2v) is 8.66. The van der Waals surface area contributed by atoms with Crippen molar-refractivity contribution in [2.75, 3.05) is 31.9 Å². The van der Waals surface area contributed by atoms with Gasteiger partial charge in [0.2, 0.25) is 11.8 Å². The van der Waals surface area contributed by atoms with Crippen molar-refractivity contribution in [2.24, 2.45) is 11.8 Å². The number of hydrogen-bond acceptors (Lipinski definition) is 3. The quantitative estimate of drug-likeness (QED) is 0.699. The summed E-state index contributed by atoms with van der Waals surface area (Å²) in [5.74, 6) is 2.08. The summed E-state index contributed by atoms with van der Waals surface area (Å²) in [6.45, 7) is 4.86. The van der Waals surface area contributed by atoms with Gasteiger partial charge in [-0.05, 0) is 36.6 Å². The van der Waals surface area contributed by atoms with Crippen LogP contribution >= 0.6 is 27.7 Å². The van der Waals surface area contributed by atoms with Crippen LogP contribution in [0.1, 0.15) is 19.8 Å². The zero-order valence-electron chi connectivity index (χ0n) is 13.9. The highest BCUT2D eigenvalue weighted by Gasteiger charge is 2.42. The number of thioether (sulfide) groups is 1. The maximum atomic E-state index is 12.3. The summed E-state index contributed by atoms with van der Waals surface area (Å²) < 4.78 is 1.07. The van der Waals surface area contributed by atoms with Gasteiger partial charge in [0.25, 0.3) is 0 Å². The van der Waals surface area contributed by atoms with E-state index in [1.54, 1.807) is 11.8 Å². The molecule has 0 spiro atoms. The second kappa shape index (κ2) is 7.91. The topological polar surface area (TPSA) is 40.6 Å². The lowest BCUT2D eigenvalue weighted by Gasteiger charge is -2.35. The predicted octanol–water partition coefficient (Wildman–Crippen LogP) is 3.26. The molecule has 1 saturated heterocycles. The average molecular weight is 411 g/mol. The van der Waals surface area contributed by atoms with Crippen molar-refractivity contribution in [3.63, 3.8) is 0 Å². The molecule has 0 aromatic heterocycles. The van der Waals surface area contributed by atoms with Gasteiger partial charge in [-0.15, -0.1) is 11.8 Å². The van der Waals surface area contributed by atoms with Gasteiger partial charge >= 0.3 is 0 Å². The third-order valence-electron chi connectivity index (χ3n) is 4.77. The van der Waals surface area contributed by atoms with Crippen LogP contribution in [0.4, 0.5) is 0 Å². The van der Waals surface area contributed by atoms with Crippen LogP contribution in [-0.4, -0.2) is 53.5 Å². The van der Waals surface area contributed by atoms with Gasteiger partial charge in [-0.3, -0.25) is 9.59 Å². The average Bonchev–Trinajstić information content (AvgIpc) is 3.33. The number of nitrogens with zero attached hydrogens (tertiary/aromatic N) is 2. The lowest BCUT2D eigenvalue weighted by Crippen LogP contribution is -2.51. The van der Waals surface area contributed by atoms with Crippen LogP contribution in [0, 0.1) is 11.8 Å². The minimum atomic E-state index is 0.200. The lowest BCUT2D eigenvalue weighted by atomic mass is 10.2. The Bertz CT molecular complexity index is 600. The van der Waals surface area contributed by atoms with Crippen LogP contribution in [-0.2, 0) is 9.59 Å². The van der Waals surface area contributed by atoms with Gasteiger partial charge in [0.05, 0.1) is 0 Å². The molecule has 3 rings (SSSR count). The Hall–Kier alpha value is -1.01. The van der Waals surface area contributed by atoms with E-state index in [0.29, 0.717) is 44.4 Å². The Morgan fingerprint density at radius 2 is 1.71 bits per heavy atom. The Morgan fingerprint density at radius 3 is 2.29 bits per heavy atom. The van der Waals surface area contributed by atoms with Crippen molar-refractivity contribution >= 4 is 39.5 Å². The second-order valence-electron chi connectivity index (χ2n) is 6.58. The molecule has 2 atom stereocenters. The predicted molar refractivity (Wildman–Crippen MR) is 99.9 cm³/mol. The van der Waals surface area contributed by atoms with Crippen LogP contribution in [0.5, 0.6) is 0 Å². The van der Waals surface area contributed by atoms with Crippen molar-refractivity contribution in [3.8, 4) is 0 Å². The highest BCUT2D eigenvalue weighted by atomic mass is 79.9. The SMILES string of the molecule is C[C@H]1C[C@H]1C(=O)N1CCN(C(=O)CCSc2ccc(Br)cc2)CC1. The van der Waals surface area contributed by atoms with E-state index in [-0.39, 0.29) is 11.8 Å². The molecule has 24 heavy (non-hydrogen) atoms. The molecule has 2 aliphatic rings. The number of rotatable bonds is 5. The van der Waals surface area contributed by atoms with Crippen molar-refractivity contribution in [3.05, 3.63) is 28.7 Å². The molecule has 4 nitrogen and oxygen atoms in total. The first-order valence-corrected chi connectivity index (χ1v) is 10.3. The van der Waals surface area contributed by atoms with Crippen molar-refractivity contribution in [1.29, 1.82) is 0 Å². The van der Waals surface area contributed by atoms with E-state index in [0.717, 1.165) is 16.6 Å². The van der Waals surface area contributed by atoms with E-state index in [4.69, 9.17) is 0 Å². The molecule has 1 heterocycles. The number of carbonyl (C=O) groups is 2. The van der Waals surface area contributed by atoms with E-state index < -0.39 is 0 Å². The zero-order chi connectivity index (χ0) is 17.1. The number of hydrogen-bond donors (Lipinski definition) is 0. The fourth-order valence-electron chi connectivity index (χ4n) is 3.02. The van der Waals surface area contributed by atoms with E-state index in [1.165, 1.54) is 4.90 Å². The molecular formula is C18H23BrN2O2S. The summed E-state index contributed by atoms with van der Waals surface area (Å²) >= 11 is 5.13. The normalized spacial score (nSPS) is 23.2. The maximum absolute atomic E-state index is 12.3. The van der Waals surface area contributed by atoms with Gasteiger partial charge in [-0.2, -0.15) is 0 Å². The van der Waals surface area contributed by atoms with Gasteiger partial charge in [0.1, 0.15) is 0 Å². The molecule has 0 bridgehead atoms. The highest BCUT2D eigenvalue weighted by molar-refractivity contribution is 9.10. The molecule has 1 saturated carbocycles. The van der Waals surface area contributed by atoms with Crippen LogP contribution in [0.3, 0.4) is 0 Å². The molecule has 1 aliphatic heterocycles. The highest BCUT2D eigenvalue weighted by Crippen LogP contribution is 2.39. The number of amides is 2. The number of piperazine rings is 1. The monoisotopic (exact) mass is 410 g/mol.